The molecule has 0 saturated carbocycles. The van der Waals surface area contributed by atoms with Crippen molar-refractivity contribution in [2.24, 2.45) is 0 Å². The highest BCUT2D eigenvalue weighted by Crippen LogP contribution is 2.17. The number of carbonyl (C=O) groups is 1. The van der Waals surface area contributed by atoms with Crippen molar-refractivity contribution in [3.05, 3.63) is 36.0 Å². The number of ether oxygens (including phenoxy) is 1. The molecule has 150 valence electrons. The number of piperazine rings is 1. The Kier molecular flexibility index (Phi) is 5.94. The number of aromatic nitrogens is 2. The summed E-state index contributed by atoms with van der Waals surface area (Å²) in [5.74, 6) is 0.855. The van der Waals surface area contributed by atoms with E-state index in [4.69, 9.17) is 9.26 Å². The van der Waals surface area contributed by atoms with Crippen molar-refractivity contribution in [3.8, 4) is 11.4 Å². The standard InChI is InChI=1S/C19H24FN5O3/c20-16-3-1-15(2-4-16)19-21-17(28-22-19)13-23-5-7-25(8-6-23)18(26)14-24-9-11-27-12-10-24/h1-4H,5-14H2. The van der Waals surface area contributed by atoms with Gasteiger partial charge in [0.25, 0.3) is 0 Å². The van der Waals surface area contributed by atoms with Crippen LogP contribution in [0.5, 0.6) is 0 Å². The number of amides is 1. The van der Waals surface area contributed by atoms with Gasteiger partial charge in [0.15, 0.2) is 0 Å². The molecule has 9 heteroatoms. The van der Waals surface area contributed by atoms with Crippen LogP contribution in [0.15, 0.2) is 28.8 Å². The van der Waals surface area contributed by atoms with Gasteiger partial charge in [-0.1, -0.05) is 5.16 Å². The van der Waals surface area contributed by atoms with Crippen LogP contribution >= 0.6 is 0 Å². The van der Waals surface area contributed by atoms with Crippen LogP contribution in [0, 0.1) is 5.82 Å². The average molecular weight is 389 g/mol. The highest BCUT2D eigenvalue weighted by Gasteiger charge is 2.24. The Hall–Kier alpha value is -2.36. The lowest BCUT2D eigenvalue weighted by Gasteiger charge is -2.35. The first-order valence-electron chi connectivity index (χ1n) is 9.56. The zero-order valence-corrected chi connectivity index (χ0v) is 15.7. The second kappa shape index (κ2) is 8.76. The average Bonchev–Trinajstić information content (AvgIpc) is 3.18. The number of halogens is 1. The number of rotatable bonds is 5. The van der Waals surface area contributed by atoms with E-state index in [-0.39, 0.29) is 11.7 Å². The zero-order valence-electron chi connectivity index (χ0n) is 15.7. The van der Waals surface area contributed by atoms with Crippen molar-refractivity contribution in [2.45, 2.75) is 6.54 Å². The molecule has 1 aromatic heterocycles. The predicted octanol–water partition coefficient (Wildman–Crippen LogP) is 0.852. The summed E-state index contributed by atoms with van der Waals surface area (Å²) in [6, 6.07) is 6.00. The predicted molar refractivity (Wildman–Crippen MR) is 98.8 cm³/mol. The summed E-state index contributed by atoms with van der Waals surface area (Å²) in [4.78, 5) is 23.1. The minimum Gasteiger partial charge on any atom is -0.379 e. The van der Waals surface area contributed by atoms with Gasteiger partial charge in [-0.25, -0.2) is 4.39 Å². The Morgan fingerprint density at radius 3 is 2.43 bits per heavy atom. The van der Waals surface area contributed by atoms with Gasteiger partial charge in [-0.2, -0.15) is 4.98 Å². The Bertz CT molecular complexity index is 783. The normalized spacial score (nSPS) is 19.1. The SMILES string of the molecule is O=C(CN1CCOCC1)N1CCN(Cc2nc(-c3ccc(F)cc3)no2)CC1. The molecule has 1 aromatic carbocycles. The molecule has 2 aromatic rings. The van der Waals surface area contributed by atoms with Crippen molar-refractivity contribution < 1.29 is 18.4 Å². The first-order valence-corrected chi connectivity index (χ1v) is 9.56. The van der Waals surface area contributed by atoms with Crippen LogP contribution in [-0.2, 0) is 16.1 Å². The maximum absolute atomic E-state index is 13.0. The molecule has 0 spiro atoms. The minimum atomic E-state index is -0.298. The van der Waals surface area contributed by atoms with Crippen LogP contribution in [-0.4, -0.2) is 89.8 Å². The van der Waals surface area contributed by atoms with Crippen molar-refractivity contribution >= 4 is 5.91 Å². The van der Waals surface area contributed by atoms with Gasteiger partial charge < -0.3 is 14.2 Å². The van der Waals surface area contributed by atoms with Crippen LogP contribution < -0.4 is 0 Å². The molecule has 28 heavy (non-hydrogen) atoms. The van der Waals surface area contributed by atoms with E-state index in [2.05, 4.69) is 19.9 Å². The second-order valence-corrected chi connectivity index (χ2v) is 7.06. The third kappa shape index (κ3) is 4.73. The number of hydrogen-bond acceptors (Lipinski definition) is 7. The lowest BCUT2D eigenvalue weighted by atomic mass is 10.2. The van der Waals surface area contributed by atoms with E-state index < -0.39 is 0 Å². The maximum Gasteiger partial charge on any atom is 0.241 e. The molecule has 8 nitrogen and oxygen atoms in total. The Labute approximate surface area is 162 Å². The molecule has 2 aliphatic rings. The van der Waals surface area contributed by atoms with Gasteiger partial charge in [0.1, 0.15) is 5.82 Å². The molecule has 3 heterocycles. The molecule has 0 atom stereocenters. The topological polar surface area (TPSA) is 74.9 Å². The molecule has 0 unspecified atom stereocenters. The lowest BCUT2D eigenvalue weighted by molar-refractivity contribution is -0.135. The van der Waals surface area contributed by atoms with Gasteiger partial charge in [0, 0.05) is 44.8 Å². The highest BCUT2D eigenvalue weighted by molar-refractivity contribution is 5.78. The Morgan fingerprint density at radius 1 is 1.00 bits per heavy atom. The number of nitrogens with zero attached hydrogens (tertiary/aromatic N) is 5. The van der Waals surface area contributed by atoms with Crippen LogP contribution in [0.1, 0.15) is 5.89 Å². The molecule has 2 aliphatic heterocycles. The summed E-state index contributed by atoms with van der Waals surface area (Å²) in [5.41, 5.74) is 0.718. The maximum atomic E-state index is 13.0. The number of hydrogen-bond donors (Lipinski definition) is 0. The summed E-state index contributed by atoms with van der Waals surface area (Å²) in [5, 5.41) is 3.97. The molecule has 0 N–H and O–H groups in total. The zero-order chi connectivity index (χ0) is 19.3. The van der Waals surface area contributed by atoms with Gasteiger partial charge >= 0.3 is 0 Å². The van der Waals surface area contributed by atoms with Crippen molar-refractivity contribution in [2.75, 3.05) is 59.0 Å². The third-order valence-electron chi connectivity index (χ3n) is 5.12. The van der Waals surface area contributed by atoms with Crippen LogP contribution in [0.3, 0.4) is 0 Å². The summed E-state index contributed by atoms with van der Waals surface area (Å²) in [6.07, 6.45) is 0. The number of benzene rings is 1. The van der Waals surface area contributed by atoms with Gasteiger partial charge in [-0.15, -0.1) is 0 Å². The smallest absolute Gasteiger partial charge is 0.241 e. The summed E-state index contributed by atoms with van der Waals surface area (Å²) < 4.78 is 23.7. The molecule has 0 bridgehead atoms. The van der Waals surface area contributed by atoms with Crippen molar-refractivity contribution in [3.63, 3.8) is 0 Å². The fraction of sp³-hybridized carbons (Fsp3) is 0.526. The molecule has 1 amide bonds. The van der Waals surface area contributed by atoms with E-state index in [0.29, 0.717) is 51.1 Å². The second-order valence-electron chi connectivity index (χ2n) is 7.06. The Morgan fingerprint density at radius 2 is 1.71 bits per heavy atom. The van der Waals surface area contributed by atoms with Gasteiger partial charge in [-0.05, 0) is 24.3 Å². The van der Waals surface area contributed by atoms with Crippen LogP contribution in [0.2, 0.25) is 0 Å². The summed E-state index contributed by atoms with van der Waals surface area (Å²) in [7, 11) is 0. The van der Waals surface area contributed by atoms with E-state index in [1.807, 2.05) is 4.90 Å². The molecular formula is C19H24FN5O3. The van der Waals surface area contributed by atoms with E-state index in [1.165, 1.54) is 12.1 Å². The van der Waals surface area contributed by atoms with Gasteiger partial charge in [0.05, 0.1) is 26.3 Å². The van der Waals surface area contributed by atoms with E-state index in [0.717, 1.165) is 31.7 Å². The number of morpholine rings is 1. The highest BCUT2D eigenvalue weighted by atomic mass is 19.1. The first kappa shape index (κ1) is 19.0. The van der Waals surface area contributed by atoms with Crippen LogP contribution in [0.25, 0.3) is 11.4 Å². The number of carbonyl (C=O) groups excluding carboxylic acids is 1. The van der Waals surface area contributed by atoms with E-state index >= 15 is 0 Å². The quantitative estimate of drug-likeness (QED) is 0.751. The van der Waals surface area contributed by atoms with Crippen LogP contribution in [0.4, 0.5) is 4.39 Å². The molecule has 2 saturated heterocycles. The van der Waals surface area contributed by atoms with E-state index in [9.17, 15) is 9.18 Å². The molecule has 0 aliphatic carbocycles. The first-order chi connectivity index (χ1) is 13.7. The fourth-order valence-electron chi connectivity index (χ4n) is 3.43. The molecule has 0 radical (unpaired) electrons. The van der Waals surface area contributed by atoms with Crippen molar-refractivity contribution in [1.82, 2.24) is 24.8 Å². The molecule has 2 fully saturated rings. The van der Waals surface area contributed by atoms with E-state index in [1.54, 1.807) is 12.1 Å². The lowest BCUT2D eigenvalue weighted by Crippen LogP contribution is -2.52. The largest absolute Gasteiger partial charge is 0.379 e. The molecular weight excluding hydrogens is 365 g/mol. The molecule has 4 rings (SSSR count). The monoisotopic (exact) mass is 389 g/mol. The third-order valence-corrected chi connectivity index (χ3v) is 5.12. The fourth-order valence-corrected chi connectivity index (χ4v) is 3.43. The van der Waals surface area contributed by atoms with Gasteiger partial charge in [0.2, 0.25) is 17.6 Å². The minimum absolute atomic E-state index is 0.179. The summed E-state index contributed by atoms with van der Waals surface area (Å²) in [6.45, 7) is 6.97. The van der Waals surface area contributed by atoms with Gasteiger partial charge in [-0.3, -0.25) is 14.6 Å². The van der Waals surface area contributed by atoms with Crippen molar-refractivity contribution in [1.29, 1.82) is 0 Å². The summed E-state index contributed by atoms with van der Waals surface area (Å²) >= 11 is 0. The Balaban J connectivity index is 1.25.